The molecule has 0 saturated carbocycles. The summed E-state index contributed by atoms with van der Waals surface area (Å²) in [6.07, 6.45) is 3.79. The van der Waals surface area contributed by atoms with Crippen molar-refractivity contribution < 1.29 is 4.79 Å². The lowest BCUT2D eigenvalue weighted by molar-refractivity contribution is -0.129. The Kier molecular flexibility index (Phi) is 4.27. The lowest BCUT2D eigenvalue weighted by Crippen LogP contribution is -2.46. The number of hydrogen-bond donors (Lipinski definition) is 1. The van der Waals surface area contributed by atoms with Gasteiger partial charge in [0.2, 0.25) is 5.91 Å². The van der Waals surface area contributed by atoms with Gasteiger partial charge in [-0.2, -0.15) is 0 Å². The van der Waals surface area contributed by atoms with Crippen molar-refractivity contribution in [3.8, 4) is 0 Å². The third-order valence-corrected chi connectivity index (χ3v) is 4.77. The molecule has 0 bridgehead atoms. The Labute approximate surface area is 127 Å². The number of likely N-dealkylation sites (tertiary alicyclic amines) is 1. The third-order valence-electron chi connectivity index (χ3n) is 4.77. The number of likely N-dealkylation sites (N-methyl/N-ethyl adjacent to an activating group) is 1. The molecule has 2 fully saturated rings. The van der Waals surface area contributed by atoms with Gasteiger partial charge in [0, 0.05) is 12.6 Å². The van der Waals surface area contributed by atoms with E-state index in [-0.39, 0.29) is 12.1 Å². The molecule has 0 spiro atoms. The predicted octanol–water partition coefficient (Wildman–Crippen LogP) is 1.91. The summed E-state index contributed by atoms with van der Waals surface area (Å²) < 4.78 is 0. The van der Waals surface area contributed by atoms with Crippen LogP contribution in [0.15, 0.2) is 24.3 Å². The minimum Gasteiger partial charge on any atom is -0.320 e. The van der Waals surface area contributed by atoms with E-state index in [1.165, 1.54) is 30.4 Å². The van der Waals surface area contributed by atoms with Gasteiger partial charge < -0.3 is 9.80 Å². The fraction of sp³-hybridized carbons (Fsp3) is 0.588. The monoisotopic (exact) mass is 287 g/mol. The molecule has 21 heavy (non-hydrogen) atoms. The largest absolute Gasteiger partial charge is 0.320 e. The number of carbonyl (C=O) groups is 1. The zero-order chi connectivity index (χ0) is 14.8. The molecule has 2 saturated heterocycles. The summed E-state index contributed by atoms with van der Waals surface area (Å²) in [6, 6.07) is 8.95. The molecule has 3 rings (SSSR count). The number of hydrogen-bond acceptors (Lipinski definition) is 3. The van der Waals surface area contributed by atoms with Crippen LogP contribution in [-0.4, -0.2) is 48.4 Å². The van der Waals surface area contributed by atoms with Gasteiger partial charge in [-0.25, -0.2) is 0 Å². The first-order chi connectivity index (χ1) is 10.1. The van der Waals surface area contributed by atoms with Crippen molar-refractivity contribution in [2.75, 3.05) is 26.7 Å². The molecule has 1 amide bonds. The van der Waals surface area contributed by atoms with Gasteiger partial charge in [0.05, 0.1) is 6.54 Å². The lowest BCUT2D eigenvalue weighted by atomic mass is 10.0. The fourth-order valence-electron chi connectivity index (χ4n) is 3.49. The van der Waals surface area contributed by atoms with E-state index in [2.05, 4.69) is 48.5 Å². The zero-order valence-electron chi connectivity index (χ0n) is 13.0. The Balaban J connectivity index is 1.76. The standard InChI is InChI=1S/C17H25N3O/c1-13-6-5-7-14(10-13)17-18-11-16(21)20(17)12-15-8-3-4-9-19(15)2/h5-7,10,15,17-18H,3-4,8-9,11-12H2,1-2H3. The molecule has 4 heteroatoms. The Bertz CT molecular complexity index is 517. The molecular formula is C17H25N3O. The van der Waals surface area contributed by atoms with Crippen LogP contribution in [-0.2, 0) is 4.79 Å². The van der Waals surface area contributed by atoms with E-state index < -0.39 is 0 Å². The maximum atomic E-state index is 12.3. The Morgan fingerprint density at radius 3 is 2.95 bits per heavy atom. The second-order valence-corrected chi connectivity index (χ2v) is 6.37. The van der Waals surface area contributed by atoms with E-state index in [1.807, 2.05) is 4.90 Å². The van der Waals surface area contributed by atoms with Gasteiger partial charge in [0.25, 0.3) is 0 Å². The number of benzene rings is 1. The van der Waals surface area contributed by atoms with Crippen LogP contribution in [0.4, 0.5) is 0 Å². The third kappa shape index (κ3) is 3.11. The molecule has 0 radical (unpaired) electrons. The average Bonchev–Trinajstić information content (AvgIpc) is 2.83. The Hall–Kier alpha value is -1.39. The quantitative estimate of drug-likeness (QED) is 0.922. The normalized spacial score (nSPS) is 27.3. The maximum absolute atomic E-state index is 12.3. The molecule has 1 aromatic carbocycles. The van der Waals surface area contributed by atoms with Crippen molar-refractivity contribution in [1.82, 2.24) is 15.1 Å². The predicted molar refractivity (Wildman–Crippen MR) is 83.9 cm³/mol. The molecule has 2 heterocycles. The summed E-state index contributed by atoms with van der Waals surface area (Å²) in [6.45, 7) is 4.53. The van der Waals surface area contributed by atoms with Gasteiger partial charge in [-0.15, -0.1) is 0 Å². The van der Waals surface area contributed by atoms with Crippen LogP contribution >= 0.6 is 0 Å². The van der Waals surface area contributed by atoms with Crippen molar-refractivity contribution >= 4 is 5.91 Å². The van der Waals surface area contributed by atoms with Crippen molar-refractivity contribution in [3.63, 3.8) is 0 Å². The lowest BCUT2D eigenvalue weighted by Gasteiger charge is -2.37. The highest BCUT2D eigenvalue weighted by molar-refractivity contribution is 5.81. The van der Waals surface area contributed by atoms with Crippen LogP contribution in [0.5, 0.6) is 0 Å². The first-order valence-electron chi connectivity index (χ1n) is 7.95. The minimum absolute atomic E-state index is 0.0349. The van der Waals surface area contributed by atoms with Crippen LogP contribution in [0.2, 0.25) is 0 Å². The molecular weight excluding hydrogens is 262 g/mol. The van der Waals surface area contributed by atoms with Crippen LogP contribution in [0.25, 0.3) is 0 Å². The fourth-order valence-corrected chi connectivity index (χ4v) is 3.49. The molecule has 1 N–H and O–H groups in total. The molecule has 2 unspecified atom stereocenters. The number of rotatable bonds is 3. The van der Waals surface area contributed by atoms with Crippen molar-refractivity contribution in [1.29, 1.82) is 0 Å². The first kappa shape index (κ1) is 14.5. The smallest absolute Gasteiger partial charge is 0.238 e. The second kappa shape index (κ2) is 6.16. The van der Waals surface area contributed by atoms with E-state index in [9.17, 15) is 4.79 Å². The van der Waals surface area contributed by atoms with Crippen LogP contribution < -0.4 is 5.32 Å². The molecule has 2 atom stereocenters. The number of piperidine rings is 1. The molecule has 2 aliphatic rings. The van der Waals surface area contributed by atoms with Crippen molar-refractivity contribution in [2.24, 2.45) is 0 Å². The summed E-state index contributed by atoms with van der Waals surface area (Å²) in [4.78, 5) is 16.7. The highest BCUT2D eigenvalue weighted by atomic mass is 16.2. The Morgan fingerprint density at radius 2 is 2.19 bits per heavy atom. The topological polar surface area (TPSA) is 35.6 Å². The maximum Gasteiger partial charge on any atom is 0.238 e. The number of amides is 1. The van der Waals surface area contributed by atoms with E-state index in [1.54, 1.807) is 0 Å². The summed E-state index contributed by atoms with van der Waals surface area (Å²) in [7, 11) is 2.18. The van der Waals surface area contributed by atoms with Crippen LogP contribution in [0.1, 0.15) is 36.6 Å². The summed E-state index contributed by atoms with van der Waals surface area (Å²) in [5.74, 6) is 0.223. The van der Waals surface area contributed by atoms with E-state index in [4.69, 9.17) is 0 Å². The summed E-state index contributed by atoms with van der Waals surface area (Å²) in [5.41, 5.74) is 2.43. The Morgan fingerprint density at radius 1 is 1.33 bits per heavy atom. The summed E-state index contributed by atoms with van der Waals surface area (Å²) >= 11 is 0. The molecule has 1 aromatic rings. The molecule has 0 aromatic heterocycles. The van der Waals surface area contributed by atoms with Crippen molar-refractivity contribution in [2.45, 2.75) is 38.4 Å². The molecule has 2 aliphatic heterocycles. The number of nitrogens with zero attached hydrogens (tertiary/aromatic N) is 2. The number of aryl methyl sites for hydroxylation is 1. The average molecular weight is 287 g/mol. The SMILES string of the molecule is Cc1cccc(C2NCC(=O)N2CC2CCCCN2C)c1. The van der Waals surface area contributed by atoms with Crippen LogP contribution in [0, 0.1) is 6.92 Å². The molecule has 114 valence electrons. The van der Waals surface area contributed by atoms with Gasteiger partial charge in [-0.05, 0) is 38.9 Å². The van der Waals surface area contributed by atoms with E-state index in [0.29, 0.717) is 12.6 Å². The van der Waals surface area contributed by atoms with E-state index in [0.717, 1.165) is 13.1 Å². The van der Waals surface area contributed by atoms with Gasteiger partial charge >= 0.3 is 0 Å². The van der Waals surface area contributed by atoms with Crippen molar-refractivity contribution in [3.05, 3.63) is 35.4 Å². The molecule has 0 aliphatic carbocycles. The first-order valence-corrected chi connectivity index (χ1v) is 7.95. The molecule has 4 nitrogen and oxygen atoms in total. The number of nitrogens with one attached hydrogen (secondary N) is 1. The van der Waals surface area contributed by atoms with Gasteiger partial charge in [-0.3, -0.25) is 10.1 Å². The minimum atomic E-state index is 0.0349. The zero-order valence-corrected chi connectivity index (χ0v) is 13.0. The van der Waals surface area contributed by atoms with E-state index >= 15 is 0 Å². The highest BCUT2D eigenvalue weighted by Crippen LogP contribution is 2.26. The van der Waals surface area contributed by atoms with Gasteiger partial charge in [0.15, 0.2) is 0 Å². The second-order valence-electron chi connectivity index (χ2n) is 6.37. The number of carbonyl (C=O) groups excluding carboxylic acids is 1. The highest BCUT2D eigenvalue weighted by Gasteiger charge is 2.34. The van der Waals surface area contributed by atoms with Gasteiger partial charge in [0.1, 0.15) is 6.17 Å². The van der Waals surface area contributed by atoms with Gasteiger partial charge in [-0.1, -0.05) is 36.2 Å². The summed E-state index contributed by atoms with van der Waals surface area (Å²) in [5, 5.41) is 3.36. The van der Waals surface area contributed by atoms with Crippen LogP contribution in [0.3, 0.4) is 0 Å².